The molecule has 7 heteroatoms. The molecule has 0 aliphatic carbocycles. The van der Waals surface area contributed by atoms with Crippen molar-refractivity contribution < 1.29 is 9.47 Å². The van der Waals surface area contributed by atoms with Gasteiger partial charge in [0, 0.05) is 46.3 Å². The molecular formula is C20H25Cl3N2O2. The summed E-state index contributed by atoms with van der Waals surface area (Å²) >= 11 is 18.6. The fourth-order valence-corrected chi connectivity index (χ4v) is 3.10. The van der Waals surface area contributed by atoms with Crippen LogP contribution in [-0.4, -0.2) is 38.7 Å². The van der Waals surface area contributed by atoms with Crippen molar-refractivity contribution in [2.75, 3.05) is 33.8 Å². The third kappa shape index (κ3) is 7.05. The van der Waals surface area contributed by atoms with Crippen LogP contribution in [0.2, 0.25) is 15.1 Å². The minimum absolute atomic E-state index is 0.298. The first kappa shape index (κ1) is 22.1. The standard InChI is InChI=1S/C20H25Cl3N2O2/c1-4-26-19-9-15(12-24-7-8-25(2)3)18(23)11-20(19)27-13-14-5-6-16(21)10-17(14)22/h5-6,9-11,24H,4,7-8,12-13H2,1-3H3. The molecule has 0 amide bonds. The average molecular weight is 432 g/mol. The van der Waals surface area contributed by atoms with E-state index >= 15 is 0 Å². The molecular weight excluding hydrogens is 407 g/mol. The molecule has 0 aliphatic heterocycles. The number of nitrogens with one attached hydrogen (secondary N) is 1. The third-order valence-corrected chi connectivity index (χ3v) is 4.80. The van der Waals surface area contributed by atoms with Crippen molar-refractivity contribution >= 4 is 34.8 Å². The second-order valence-corrected chi connectivity index (χ2v) is 7.58. The Balaban J connectivity index is 2.09. The number of likely N-dealkylation sites (N-methyl/N-ethyl adjacent to an activating group) is 1. The summed E-state index contributed by atoms with van der Waals surface area (Å²) in [5, 5.41) is 5.17. The quantitative estimate of drug-likeness (QED) is 0.519. The highest BCUT2D eigenvalue weighted by Gasteiger charge is 2.12. The van der Waals surface area contributed by atoms with Gasteiger partial charge in [-0.2, -0.15) is 0 Å². The monoisotopic (exact) mass is 430 g/mol. The van der Waals surface area contributed by atoms with Gasteiger partial charge in [0.05, 0.1) is 6.61 Å². The molecule has 2 rings (SSSR count). The van der Waals surface area contributed by atoms with Crippen LogP contribution in [-0.2, 0) is 13.2 Å². The van der Waals surface area contributed by atoms with Gasteiger partial charge in [-0.05, 0) is 44.8 Å². The van der Waals surface area contributed by atoms with Gasteiger partial charge >= 0.3 is 0 Å². The van der Waals surface area contributed by atoms with E-state index in [4.69, 9.17) is 44.3 Å². The molecule has 0 atom stereocenters. The first-order chi connectivity index (χ1) is 12.9. The summed E-state index contributed by atoms with van der Waals surface area (Å²) in [6.45, 7) is 5.26. The zero-order valence-corrected chi connectivity index (χ0v) is 18.1. The summed E-state index contributed by atoms with van der Waals surface area (Å²) in [5.74, 6) is 1.25. The van der Waals surface area contributed by atoms with E-state index in [9.17, 15) is 0 Å². The lowest BCUT2D eigenvalue weighted by Gasteiger charge is -2.16. The molecule has 0 aliphatic rings. The van der Waals surface area contributed by atoms with Crippen LogP contribution in [0.5, 0.6) is 11.5 Å². The molecule has 2 aromatic carbocycles. The highest BCUT2D eigenvalue weighted by Crippen LogP contribution is 2.34. The van der Waals surface area contributed by atoms with Crippen LogP contribution in [0.15, 0.2) is 30.3 Å². The minimum Gasteiger partial charge on any atom is -0.490 e. The van der Waals surface area contributed by atoms with Gasteiger partial charge in [0.25, 0.3) is 0 Å². The fourth-order valence-electron chi connectivity index (χ4n) is 2.41. The van der Waals surface area contributed by atoms with E-state index in [2.05, 4.69) is 10.2 Å². The molecule has 1 N–H and O–H groups in total. The van der Waals surface area contributed by atoms with Crippen LogP contribution >= 0.6 is 34.8 Å². The molecule has 0 saturated carbocycles. The molecule has 0 spiro atoms. The van der Waals surface area contributed by atoms with Crippen molar-refractivity contribution in [2.45, 2.75) is 20.1 Å². The van der Waals surface area contributed by atoms with E-state index in [0.717, 1.165) is 24.2 Å². The first-order valence-corrected chi connectivity index (χ1v) is 9.91. The van der Waals surface area contributed by atoms with Crippen molar-refractivity contribution in [2.24, 2.45) is 0 Å². The lowest BCUT2D eigenvalue weighted by molar-refractivity contribution is 0.269. The van der Waals surface area contributed by atoms with Gasteiger partial charge in [-0.25, -0.2) is 0 Å². The van der Waals surface area contributed by atoms with Gasteiger partial charge in [0.1, 0.15) is 6.61 Å². The summed E-state index contributed by atoms with van der Waals surface area (Å²) in [6.07, 6.45) is 0. The van der Waals surface area contributed by atoms with Crippen LogP contribution < -0.4 is 14.8 Å². The van der Waals surface area contributed by atoms with E-state index in [1.165, 1.54) is 0 Å². The van der Waals surface area contributed by atoms with Crippen LogP contribution in [0, 0.1) is 0 Å². The summed E-state index contributed by atoms with van der Waals surface area (Å²) in [4.78, 5) is 2.12. The van der Waals surface area contributed by atoms with Crippen molar-refractivity contribution in [3.8, 4) is 11.5 Å². The summed E-state index contributed by atoms with van der Waals surface area (Å²) < 4.78 is 11.7. The zero-order valence-electron chi connectivity index (χ0n) is 15.8. The van der Waals surface area contributed by atoms with E-state index in [1.54, 1.807) is 18.2 Å². The van der Waals surface area contributed by atoms with Gasteiger partial charge in [0.2, 0.25) is 0 Å². The van der Waals surface area contributed by atoms with Crippen molar-refractivity contribution in [3.05, 3.63) is 56.5 Å². The minimum atomic E-state index is 0.298. The van der Waals surface area contributed by atoms with Gasteiger partial charge in [0.15, 0.2) is 11.5 Å². The molecule has 0 unspecified atom stereocenters. The lowest BCUT2D eigenvalue weighted by atomic mass is 10.2. The maximum atomic E-state index is 6.45. The number of ether oxygens (including phenoxy) is 2. The Morgan fingerprint density at radius 2 is 1.63 bits per heavy atom. The number of benzene rings is 2. The largest absolute Gasteiger partial charge is 0.490 e. The predicted molar refractivity (Wildman–Crippen MR) is 114 cm³/mol. The molecule has 0 fully saturated rings. The van der Waals surface area contributed by atoms with Crippen LogP contribution in [0.1, 0.15) is 18.1 Å². The Labute approximate surface area is 176 Å². The van der Waals surface area contributed by atoms with E-state index in [1.807, 2.05) is 33.2 Å². The van der Waals surface area contributed by atoms with Crippen LogP contribution in [0.4, 0.5) is 0 Å². The van der Waals surface area contributed by atoms with Gasteiger partial charge in [-0.3, -0.25) is 0 Å². The van der Waals surface area contributed by atoms with Crippen molar-refractivity contribution in [1.82, 2.24) is 10.2 Å². The maximum Gasteiger partial charge on any atom is 0.163 e. The third-order valence-electron chi connectivity index (χ3n) is 3.86. The molecule has 4 nitrogen and oxygen atoms in total. The van der Waals surface area contributed by atoms with Crippen molar-refractivity contribution in [1.29, 1.82) is 0 Å². The molecule has 0 bridgehead atoms. The average Bonchev–Trinajstić information content (AvgIpc) is 2.60. The van der Waals surface area contributed by atoms with E-state index in [0.29, 0.717) is 46.3 Å². The smallest absolute Gasteiger partial charge is 0.163 e. The lowest BCUT2D eigenvalue weighted by Crippen LogP contribution is -2.26. The Kier molecular flexibility index (Phi) is 9.00. The van der Waals surface area contributed by atoms with E-state index < -0.39 is 0 Å². The molecule has 148 valence electrons. The van der Waals surface area contributed by atoms with Gasteiger partial charge in [-0.1, -0.05) is 40.9 Å². The van der Waals surface area contributed by atoms with Crippen LogP contribution in [0.3, 0.4) is 0 Å². The highest BCUT2D eigenvalue weighted by atomic mass is 35.5. The molecule has 2 aromatic rings. The van der Waals surface area contributed by atoms with E-state index in [-0.39, 0.29) is 0 Å². The second kappa shape index (κ2) is 11.0. The zero-order chi connectivity index (χ0) is 19.8. The summed E-state index contributed by atoms with van der Waals surface area (Å²) in [6, 6.07) is 9.04. The van der Waals surface area contributed by atoms with Crippen molar-refractivity contribution in [3.63, 3.8) is 0 Å². The molecule has 0 radical (unpaired) electrons. The van der Waals surface area contributed by atoms with Crippen LogP contribution in [0.25, 0.3) is 0 Å². The summed E-state index contributed by atoms with van der Waals surface area (Å²) in [7, 11) is 4.09. The molecule has 27 heavy (non-hydrogen) atoms. The first-order valence-electron chi connectivity index (χ1n) is 8.78. The SMILES string of the molecule is CCOc1cc(CNCCN(C)C)c(Cl)cc1OCc1ccc(Cl)cc1Cl. The summed E-state index contributed by atoms with van der Waals surface area (Å²) in [5.41, 5.74) is 1.81. The fraction of sp³-hybridized carbons (Fsp3) is 0.400. The number of hydrogen-bond donors (Lipinski definition) is 1. The Hall–Kier alpha value is -1.17. The highest BCUT2D eigenvalue weighted by molar-refractivity contribution is 6.35. The maximum absolute atomic E-state index is 6.45. The Bertz CT molecular complexity index is 754. The topological polar surface area (TPSA) is 33.7 Å². The second-order valence-electron chi connectivity index (χ2n) is 6.33. The molecule has 0 aromatic heterocycles. The molecule has 0 heterocycles. The van der Waals surface area contributed by atoms with Gasteiger partial charge in [-0.15, -0.1) is 0 Å². The molecule has 0 saturated heterocycles. The Morgan fingerprint density at radius 1 is 0.926 bits per heavy atom. The van der Waals surface area contributed by atoms with Gasteiger partial charge < -0.3 is 19.7 Å². The number of rotatable bonds is 10. The number of hydrogen-bond acceptors (Lipinski definition) is 4. The number of nitrogens with zero attached hydrogens (tertiary/aromatic N) is 1. The normalized spacial score (nSPS) is 11.1. The predicted octanol–water partition coefficient (Wildman–Crippen LogP) is 5.28. The number of halogens is 3. The Morgan fingerprint density at radius 3 is 2.30 bits per heavy atom.